The van der Waals surface area contributed by atoms with Gasteiger partial charge in [-0.15, -0.1) is 0 Å². The van der Waals surface area contributed by atoms with Crippen LogP contribution in [0, 0.1) is 20.8 Å². The largest absolute Gasteiger partial charge is 0.497 e. The number of carbonyl (C=O) groups excluding carboxylic acids is 3. The fourth-order valence-corrected chi connectivity index (χ4v) is 4.79. The number of esters is 1. The molecule has 0 saturated carbocycles. The molecule has 0 heterocycles. The minimum Gasteiger partial charge on any atom is -0.497 e. The first kappa shape index (κ1) is 32.1. The third-order valence-corrected chi connectivity index (χ3v) is 6.60. The van der Waals surface area contributed by atoms with Gasteiger partial charge in [0, 0.05) is 5.69 Å². The second kappa shape index (κ2) is 13.5. The van der Waals surface area contributed by atoms with Crippen molar-refractivity contribution >= 4 is 29.3 Å². The van der Waals surface area contributed by atoms with Gasteiger partial charge in [-0.2, -0.15) is 0 Å². The van der Waals surface area contributed by atoms with Crippen molar-refractivity contribution < 1.29 is 28.6 Å². The molecule has 0 radical (unpaired) electrons. The lowest BCUT2D eigenvalue weighted by molar-refractivity contribution is -0.150. The Balaban J connectivity index is 1.98. The summed E-state index contributed by atoms with van der Waals surface area (Å²) in [4.78, 5) is 39.5. The van der Waals surface area contributed by atoms with Gasteiger partial charge in [-0.25, -0.2) is 9.59 Å². The van der Waals surface area contributed by atoms with E-state index in [1.165, 1.54) is 7.11 Å². The highest BCUT2D eigenvalue weighted by molar-refractivity contribution is 6.08. The summed E-state index contributed by atoms with van der Waals surface area (Å²) in [5, 5.41) is 8.50. The Morgan fingerprint density at radius 2 is 1.40 bits per heavy atom. The fourth-order valence-electron chi connectivity index (χ4n) is 4.79. The average Bonchev–Trinajstić information content (AvgIpc) is 2.92. The molecule has 0 aromatic heterocycles. The summed E-state index contributed by atoms with van der Waals surface area (Å²) in [7, 11) is 2.84. The summed E-state index contributed by atoms with van der Waals surface area (Å²) in [6.45, 7) is 13.1. The van der Waals surface area contributed by atoms with E-state index in [0.29, 0.717) is 11.4 Å². The van der Waals surface area contributed by atoms with E-state index in [9.17, 15) is 14.4 Å². The lowest BCUT2D eigenvalue weighted by Crippen LogP contribution is -2.51. The number of benzene rings is 3. The number of methoxy groups -OCH3 is 2. The zero-order chi connectivity index (χ0) is 31.2. The molecular weight excluding hydrogens is 534 g/mol. The van der Waals surface area contributed by atoms with Crippen molar-refractivity contribution in [2.45, 2.75) is 66.2 Å². The fraction of sp³-hybridized carbons (Fsp3) is 0.364. The van der Waals surface area contributed by atoms with Gasteiger partial charge in [-0.1, -0.05) is 35.9 Å². The lowest BCUT2D eigenvalue weighted by Gasteiger charge is -2.30. The maximum Gasteiger partial charge on any atom is 0.331 e. The summed E-state index contributed by atoms with van der Waals surface area (Å²) >= 11 is 0. The van der Waals surface area contributed by atoms with E-state index in [2.05, 4.69) is 16.0 Å². The van der Waals surface area contributed by atoms with Gasteiger partial charge in [0.05, 0.1) is 37.2 Å². The second-order valence-corrected chi connectivity index (χ2v) is 11.3. The van der Waals surface area contributed by atoms with E-state index in [-0.39, 0.29) is 11.3 Å². The molecule has 3 N–H and O–H groups in total. The zero-order valence-electron chi connectivity index (χ0n) is 25.8. The van der Waals surface area contributed by atoms with E-state index < -0.39 is 35.7 Å². The number of aryl methyl sites for hydroxylation is 3. The van der Waals surface area contributed by atoms with Crippen molar-refractivity contribution in [2.24, 2.45) is 0 Å². The highest BCUT2D eigenvalue weighted by Crippen LogP contribution is 2.29. The van der Waals surface area contributed by atoms with Gasteiger partial charge in [-0.05, 0) is 95.0 Å². The van der Waals surface area contributed by atoms with E-state index in [1.54, 1.807) is 32.2 Å². The summed E-state index contributed by atoms with van der Waals surface area (Å²) in [6, 6.07) is 14.9. The molecule has 0 aliphatic rings. The van der Waals surface area contributed by atoms with Crippen LogP contribution in [0.4, 0.5) is 16.2 Å². The van der Waals surface area contributed by atoms with E-state index in [4.69, 9.17) is 14.2 Å². The van der Waals surface area contributed by atoms with Gasteiger partial charge in [0.25, 0.3) is 5.91 Å². The lowest BCUT2D eigenvalue weighted by atomic mass is 10.0. The molecule has 2 atom stereocenters. The van der Waals surface area contributed by atoms with Crippen LogP contribution in [-0.4, -0.2) is 49.9 Å². The molecule has 1 unspecified atom stereocenters. The number of anilines is 2. The van der Waals surface area contributed by atoms with Gasteiger partial charge >= 0.3 is 12.0 Å². The monoisotopic (exact) mass is 575 g/mol. The molecule has 224 valence electrons. The molecule has 0 aliphatic heterocycles. The molecule has 0 saturated heterocycles. The van der Waals surface area contributed by atoms with E-state index in [0.717, 1.165) is 27.8 Å². The summed E-state index contributed by atoms with van der Waals surface area (Å²) in [5.41, 5.74) is 5.10. The maximum atomic E-state index is 13.6. The van der Waals surface area contributed by atoms with E-state index in [1.807, 2.05) is 77.9 Å². The molecule has 0 bridgehead atoms. The number of hydrogen-bond donors (Lipinski definition) is 3. The average molecular weight is 576 g/mol. The Morgan fingerprint density at radius 3 is 1.95 bits per heavy atom. The quantitative estimate of drug-likeness (QED) is 0.254. The normalized spacial score (nSPS) is 12.6. The minimum absolute atomic E-state index is 0.164. The van der Waals surface area contributed by atoms with Crippen molar-refractivity contribution in [3.63, 3.8) is 0 Å². The molecule has 9 nitrogen and oxygen atoms in total. The molecule has 3 rings (SSSR count). The third-order valence-electron chi connectivity index (χ3n) is 6.60. The summed E-state index contributed by atoms with van der Waals surface area (Å²) in [5.74, 6) is -0.515. The Labute approximate surface area is 247 Å². The smallest absolute Gasteiger partial charge is 0.331 e. The van der Waals surface area contributed by atoms with Gasteiger partial charge in [0.1, 0.15) is 5.75 Å². The van der Waals surface area contributed by atoms with Crippen molar-refractivity contribution in [1.29, 1.82) is 0 Å². The van der Waals surface area contributed by atoms with E-state index >= 15 is 0 Å². The van der Waals surface area contributed by atoms with Crippen molar-refractivity contribution in [3.05, 3.63) is 76.9 Å². The predicted molar refractivity (Wildman–Crippen MR) is 165 cm³/mol. The molecule has 0 aliphatic carbocycles. The number of nitrogens with one attached hydrogen (secondary N) is 3. The Bertz CT molecular complexity index is 1420. The van der Waals surface area contributed by atoms with Crippen LogP contribution in [0.25, 0.3) is 11.1 Å². The van der Waals surface area contributed by atoms with Crippen LogP contribution in [-0.2, 0) is 14.3 Å². The standard InChI is InChI=1S/C33H41N3O6/c1-19-16-20(2)28(21(3)17-19)36-32(39)34-27-18-24(23-10-13-25(40-8)14-11-23)12-15-26(27)30(37)35-29(31(38)41-9)22(4)42-33(5,6)7/h10-18,22,29H,1-9H3,(H,35,37)(H2,34,36,39)/t22?,29-/m0/s1. The third kappa shape index (κ3) is 8.33. The first-order valence-electron chi connectivity index (χ1n) is 13.7. The first-order chi connectivity index (χ1) is 19.7. The van der Waals surface area contributed by atoms with Crippen molar-refractivity contribution in [2.75, 3.05) is 24.9 Å². The number of rotatable bonds is 9. The van der Waals surface area contributed by atoms with Crippen molar-refractivity contribution in [1.82, 2.24) is 5.32 Å². The summed E-state index contributed by atoms with van der Waals surface area (Å²) in [6.07, 6.45) is -0.688. The molecular formula is C33H41N3O6. The first-order valence-corrected chi connectivity index (χ1v) is 13.7. The highest BCUT2D eigenvalue weighted by atomic mass is 16.5. The number of urea groups is 1. The Hall–Kier alpha value is -4.37. The molecule has 3 amide bonds. The van der Waals surface area contributed by atoms with Crippen LogP contribution >= 0.6 is 0 Å². The van der Waals surface area contributed by atoms with Gasteiger partial charge in [-0.3, -0.25) is 4.79 Å². The van der Waals surface area contributed by atoms with Gasteiger partial charge in [0.15, 0.2) is 6.04 Å². The van der Waals surface area contributed by atoms with Crippen LogP contribution in [0.5, 0.6) is 5.75 Å². The molecule has 0 spiro atoms. The van der Waals surface area contributed by atoms with Crippen LogP contribution < -0.4 is 20.7 Å². The second-order valence-electron chi connectivity index (χ2n) is 11.3. The number of ether oxygens (including phenoxy) is 3. The number of amides is 3. The summed E-state index contributed by atoms with van der Waals surface area (Å²) < 4.78 is 16.2. The molecule has 0 fully saturated rings. The highest BCUT2D eigenvalue weighted by Gasteiger charge is 2.32. The van der Waals surface area contributed by atoms with Gasteiger partial charge < -0.3 is 30.2 Å². The predicted octanol–water partition coefficient (Wildman–Crippen LogP) is 6.41. The molecule has 9 heteroatoms. The number of carbonyl (C=O) groups is 3. The zero-order valence-corrected chi connectivity index (χ0v) is 25.8. The van der Waals surface area contributed by atoms with Crippen LogP contribution in [0.3, 0.4) is 0 Å². The maximum absolute atomic E-state index is 13.6. The van der Waals surface area contributed by atoms with Gasteiger partial charge in [0.2, 0.25) is 0 Å². The number of hydrogen-bond acceptors (Lipinski definition) is 6. The Morgan fingerprint density at radius 1 is 0.810 bits per heavy atom. The SMILES string of the molecule is COC(=O)[C@@H](NC(=O)c1ccc(-c2ccc(OC)cc2)cc1NC(=O)Nc1c(C)cc(C)cc1C)C(C)OC(C)(C)C. The van der Waals surface area contributed by atoms with Crippen LogP contribution in [0.2, 0.25) is 0 Å². The molecule has 3 aromatic rings. The topological polar surface area (TPSA) is 115 Å². The minimum atomic E-state index is -1.08. The molecule has 3 aromatic carbocycles. The van der Waals surface area contributed by atoms with Crippen LogP contribution in [0.1, 0.15) is 54.7 Å². The molecule has 42 heavy (non-hydrogen) atoms. The Kier molecular flexibility index (Phi) is 10.4. The van der Waals surface area contributed by atoms with Crippen molar-refractivity contribution in [3.8, 4) is 16.9 Å². The van der Waals surface area contributed by atoms with Crippen LogP contribution in [0.15, 0.2) is 54.6 Å².